The zero-order valence-corrected chi connectivity index (χ0v) is 23.7. The number of aromatic amines is 1. The van der Waals surface area contributed by atoms with Crippen molar-refractivity contribution in [3.63, 3.8) is 0 Å². The van der Waals surface area contributed by atoms with E-state index in [0.717, 1.165) is 5.56 Å². The molecule has 13 heteroatoms. The van der Waals surface area contributed by atoms with Gasteiger partial charge in [-0.2, -0.15) is 0 Å². The van der Waals surface area contributed by atoms with Crippen LogP contribution in [-0.4, -0.2) is 64.5 Å². The van der Waals surface area contributed by atoms with E-state index in [2.05, 4.69) is 25.9 Å². The molecule has 0 radical (unpaired) electrons. The number of ether oxygens (including phenoxy) is 2. The van der Waals surface area contributed by atoms with Gasteiger partial charge in [0.05, 0.1) is 35.7 Å². The molecular formula is C29H31ClN6O6. The predicted octanol–water partition coefficient (Wildman–Crippen LogP) is 4.35. The standard InChI is InChI=1S/C29H31ClN6O6/c1-41-27(39)32-17-7-8-18-22(13-17)33-24(37)5-3-2-4-19(25-31-14-23(18)34-25)26(38)36-11-10-29(15-36)20-12-16(30)6-9-21(20)35-28(40)42-29/h6-9,12-14,19,27,32,39H,2-5,10-11,15H2,1H3,(H,31,34)(H,33,37)(H,35,40)/t19-,27?,29+/m1/s1. The number of hydrogen-bond acceptors (Lipinski definition) is 8. The van der Waals surface area contributed by atoms with Gasteiger partial charge in [0.15, 0.2) is 5.60 Å². The monoisotopic (exact) mass is 594 g/mol. The number of methoxy groups -OCH3 is 1. The quantitative estimate of drug-likeness (QED) is 0.279. The molecule has 1 aromatic heterocycles. The number of aliphatic hydroxyl groups is 1. The van der Waals surface area contributed by atoms with Crippen LogP contribution in [0, 0.1) is 0 Å². The molecule has 4 heterocycles. The molecule has 3 aliphatic heterocycles. The summed E-state index contributed by atoms with van der Waals surface area (Å²) in [5.41, 5.74) is 2.77. The first-order chi connectivity index (χ1) is 20.2. The van der Waals surface area contributed by atoms with Crippen molar-refractivity contribution in [2.75, 3.05) is 36.1 Å². The number of aliphatic hydroxyl groups excluding tert-OH is 1. The maximum Gasteiger partial charge on any atom is 0.412 e. The molecule has 1 spiro atoms. The molecule has 220 valence electrons. The smallest absolute Gasteiger partial charge is 0.412 e. The van der Waals surface area contributed by atoms with Crippen molar-refractivity contribution >= 4 is 46.6 Å². The minimum Gasteiger partial charge on any atom is -0.436 e. The van der Waals surface area contributed by atoms with Crippen molar-refractivity contribution in [2.24, 2.45) is 0 Å². The fourth-order valence-electron chi connectivity index (χ4n) is 5.91. The van der Waals surface area contributed by atoms with E-state index in [1.54, 1.807) is 47.5 Å². The molecule has 0 saturated carbocycles. The van der Waals surface area contributed by atoms with E-state index in [9.17, 15) is 19.5 Å². The minimum absolute atomic E-state index is 0.124. The van der Waals surface area contributed by atoms with Crippen LogP contribution >= 0.6 is 11.6 Å². The number of aromatic nitrogens is 2. The summed E-state index contributed by atoms with van der Waals surface area (Å²) in [5.74, 6) is -0.332. The van der Waals surface area contributed by atoms with Gasteiger partial charge in [-0.1, -0.05) is 18.0 Å². The average molecular weight is 595 g/mol. The summed E-state index contributed by atoms with van der Waals surface area (Å²) in [6, 6.07) is 10.5. The number of carbonyl (C=O) groups is 3. The highest BCUT2D eigenvalue weighted by molar-refractivity contribution is 6.30. The molecule has 1 saturated heterocycles. The van der Waals surface area contributed by atoms with Gasteiger partial charge >= 0.3 is 6.09 Å². The van der Waals surface area contributed by atoms with Crippen molar-refractivity contribution < 1.29 is 29.0 Å². The fraction of sp³-hybridized carbons (Fsp3) is 0.379. The molecule has 3 amide bonds. The van der Waals surface area contributed by atoms with Gasteiger partial charge in [0.2, 0.25) is 18.2 Å². The Morgan fingerprint density at radius 3 is 2.90 bits per heavy atom. The molecule has 1 fully saturated rings. The van der Waals surface area contributed by atoms with Gasteiger partial charge in [0, 0.05) is 48.3 Å². The number of H-pyrrole nitrogens is 1. The SMILES string of the molecule is COC(O)Nc1ccc2c(c1)NC(=O)CCCC[C@@H](C(=O)N1CC[C@@]3(C1)OC(=O)Nc1ccc(Cl)cc13)c1ncc-2[nH]1. The van der Waals surface area contributed by atoms with E-state index >= 15 is 0 Å². The maximum atomic E-state index is 14.1. The van der Waals surface area contributed by atoms with Crippen LogP contribution in [0.2, 0.25) is 5.02 Å². The Balaban J connectivity index is 1.29. The largest absolute Gasteiger partial charge is 0.436 e. The number of amides is 3. The lowest BCUT2D eigenvalue weighted by Gasteiger charge is -2.35. The number of benzene rings is 2. The van der Waals surface area contributed by atoms with Crippen molar-refractivity contribution in [1.82, 2.24) is 14.9 Å². The van der Waals surface area contributed by atoms with Crippen molar-refractivity contribution in [3.05, 3.63) is 59.0 Å². The summed E-state index contributed by atoms with van der Waals surface area (Å²) in [7, 11) is 1.37. The number of imidazole rings is 1. The van der Waals surface area contributed by atoms with Gasteiger partial charge in [-0.05, 0) is 49.2 Å². The van der Waals surface area contributed by atoms with Gasteiger partial charge in [-0.15, -0.1) is 0 Å². The van der Waals surface area contributed by atoms with E-state index < -0.39 is 24.0 Å². The zero-order valence-electron chi connectivity index (χ0n) is 22.9. The van der Waals surface area contributed by atoms with Crippen LogP contribution in [0.5, 0.6) is 0 Å². The molecule has 3 aliphatic rings. The third-order valence-electron chi connectivity index (χ3n) is 8.01. The van der Waals surface area contributed by atoms with E-state index in [1.165, 1.54) is 7.11 Å². The van der Waals surface area contributed by atoms with E-state index in [-0.39, 0.29) is 24.8 Å². The lowest BCUT2D eigenvalue weighted by molar-refractivity contribution is -0.133. The lowest BCUT2D eigenvalue weighted by Crippen LogP contribution is -2.43. The molecule has 6 rings (SSSR count). The number of nitrogens with zero attached hydrogens (tertiary/aromatic N) is 2. The fourth-order valence-corrected chi connectivity index (χ4v) is 6.08. The second-order valence-corrected chi connectivity index (χ2v) is 11.2. The van der Waals surface area contributed by atoms with Crippen LogP contribution < -0.4 is 16.0 Å². The number of carbonyl (C=O) groups excluding carboxylic acids is 3. The normalized spacial score (nSPS) is 22.5. The van der Waals surface area contributed by atoms with E-state index in [4.69, 9.17) is 21.1 Å². The van der Waals surface area contributed by atoms with Crippen molar-refractivity contribution in [2.45, 2.75) is 50.0 Å². The molecule has 2 bridgehead atoms. The Kier molecular flexibility index (Phi) is 7.52. The molecule has 3 aromatic rings. The highest BCUT2D eigenvalue weighted by Crippen LogP contribution is 2.44. The number of halogens is 1. The summed E-state index contributed by atoms with van der Waals surface area (Å²) >= 11 is 6.28. The average Bonchev–Trinajstić information content (AvgIpc) is 3.61. The highest BCUT2D eigenvalue weighted by Gasteiger charge is 2.49. The summed E-state index contributed by atoms with van der Waals surface area (Å²) in [5, 5.41) is 18.8. The minimum atomic E-state index is -1.21. The molecule has 2 aromatic carbocycles. The topological polar surface area (TPSA) is 158 Å². The molecule has 12 nitrogen and oxygen atoms in total. The van der Waals surface area contributed by atoms with Gasteiger partial charge in [-0.3, -0.25) is 14.9 Å². The molecule has 42 heavy (non-hydrogen) atoms. The molecule has 3 atom stereocenters. The third kappa shape index (κ3) is 5.40. The molecule has 0 aliphatic carbocycles. The number of anilines is 3. The Hall–Kier alpha value is -4.13. The van der Waals surface area contributed by atoms with Crippen LogP contribution in [0.1, 0.15) is 49.4 Å². The number of fused-ring (bicyclic) bond motifs is 6. The first-order valence-corrected chi connectivity index (χ1v) is 14.2. The Bertz CT molecular complexity index is 1540. The highest BCUT2D eigenvalue weighted by atomic mass is 35.5. The zero-order chi connectivity index (χ0) is 29.4. The van der Waals surface area contributed by atoms with Crippen LogP contribution in [0.4, 0.5) is 21.9 Å². The third-order valence-corrected chi connectivity index (χ3v) is 8.24. The first-order valence-electron chi connectivity index (χ1n) is 13.8. The second kappa shape index (κ2) is 11.3. The Labute approximate surface area is 246 Å². The summed E-state index contributed by atoms with van der Waals surface area (Å²) < 4.78 is 10.7. The second-order valence-electron chi connectivity index (χ2n) is 10.7. The van der Waals surface area contributed by atoms with Crippen LogP contribution in [0.25, 0.3) is 11.3 Å². The summed E-state index contributed by atoms with van der Waals surface area (Å²) in [6.45, 7) is 0.599. The summed E-state index contributed by atoms with van der Waals surface area (Å²) in [4.78, 5) is 48.9. The van der Waals surface area contributed by atoms with Crippen LogP contribution in [0.15, 0.2) is 42.6 Å². The number of rotatable bonds is 4. The Morgan fingerprint density at radius 1 is 1.21 bits per heavy atom. The number of hydrogen-bond donors (Lipinski definition) is 5. The van der Waals surface area contributed by atoms with Gasteiger partial charge in [0.1, 0.15) is 5.82 Å². The first kappa shape index (κ1) is 28.0. The number of nitrogens with one attached hydrogen (secondary N) is 4. The molecular weight excluding hydrogens is 564 g/mol. The summed E-state index contributed by atoms with van der Waals surface area (Å²) in [6.07, 6.45) is 2.31. The van der Waals surface area contributed by atoms with Gasteiger partial charge < -0.3 is 35.1 Å². The van der Waals surface area contributed by atoms with E-state index in [0.29, 0.717) is 71.4 Å². The van der Waals surface area contributed by atoms with E-state index in [1.807, 2.05) is 0 Å². The number of likely N-dealkylation sites (tertiary alicyclic amines) is 1. The predicted molar refractivity (Wildman–Crippen MR) is 155 cm³/mol. The lowest BCUT2D eigenvalue weighted by atomic mass is 9.90. The van der Waals surface area contributed by atoms with Crippen LogP contribution in [-0.2, 0) is 24.7 Å². The van der Waals surface area contributed by atoms with Crippen molar-refractivity contribution in [1.29, 1.82) is 0 Å². The molecule has 1 unspecified atom stereocenters. The van der Waals surface area contributed by atoms with Crippen molar-refractivity contribution in [3.8, 4) is 11.3 Å². The molecule has 5 N–H and O–H groups in total. The van der Waals surface area contributed by atoms with Gasteiger partial charge in [-0.25, -0.2) is 9.78 Å². The van der Waals surface area contributed by atoms with Crippen LogP contribution in [0.3, 0.4) is 0 Å². The Morgan fingerprint density at radius 2 is 2.07 bits per heavy atom. The van der Waals surface area contributed by atoms with Gasteiger partial charge in [0.25, 0.3) is 0 Å². The maximum absolute atomic E-state index is 14.1.